The van der Waals surface area contributed by atoms with Crippen LogP contribution in [0.1, 0.15) is 11.1 Å². The number of rotatable bonds is 1. The Labute approximate surface area is 110 Å². The average Bonchev–Trinajstić information content (AvgIpc) is 2.32. The van der Waals surface area contributed by atoms with Crippen molar-refractivity contribution < 1.29 is 0 Å². The molecule has 0 radical (unpaired) electrons. The molecule has 0 saturated heterocycles. The van der Waals surface area contributed by atoms with Gasteiger partial charge < -0.3 is 0 Å². The van der Waals surface area contributed by atoms with Crippen molar-refractivity contribution in [2.75, 3.05) is 0 Å². The van der Waals surface area contributed by atoms with Crippen LogP contribution in [-0.4, -0.2) is 0 Å². The molecule has 0 atom stereocenters. The molecule has 0 spiro atoms. The molecule has 0 heterocycles. The number of nitriles is 1. The Morgan fingerprint density at radius 1 is 0.941 bits per heavy atom. The SMILES string of the molecule is Cc1ccc(-c2ccc(C#N)c(Cl)c2)cc1Cl. The highest BCUT2D eigenvalue weighted by Crippen LogP contribution is 2.28. The number of halogens is 2. The molecule has 0 amide bonds. The fourth-order valence-electron chi connectivity index (χ4n) is 1.56. The number of hydrogen-bond acceptors (Lipinski definition) is 1. The maximum atomic E-state index is 8.80. The molecule has 0 N–H and O–H groups in total. The number of aryl methyl sites for hydroxylation is 1. The maximum Gasteiger partial charge on any atom is 0.101 e. The third-order valence-electron chi connectivity index (χ3n) is 2.59. The lowest BCUT2D eigenvalue weighted by Gasteiger charge is -2.05. The van der Waals surface area contributed by atoms with Crippen molar-refractivity contribution in [1.82, 2.24) is 0 Å². The Balaban J connectivity index is 2.50. The zero-order valence-electron chi connectivity index (χ0n) is 9.17. The first-order valence-corrected chi connectivity index (χ1v) is 5.83. The molecule has 0 unspecified atom stereocenters. The first-order valence-electron chi connectivity index (χ1n) is 5.08. The van der Waals surface area contributed by atoms with E-state index in [-0.39, 0.29) is 0 Å². The molecule has 84 valence electrons. The summed E-state index contributed by atoms with van der Waals surface area (Å²) < 4.78 is 0. The second kappa shape index (κ2) is 4.79. The summed E-state index contributed by atoms with van der Waals surface area (Å²) in [6.07, 6.45) is 0. The number of hydrogen-bond donors (Lipinski definition) is 0. The van der Waals surface area contributed by atoms with Crippen molar-refractivity contribution in [3.63, 3.8) is 0 Å². The van der Waals surface area contributed by atoms with E-state index in [9.17, 15) is 0 Å². The third kappa shape index (κ3) is 2.44. The quantitative estimate of drug-likeness (QED) is 0.721. The van der Waals surface area contributed by atoms with E-state index in [4.69, 9.17) is 28.5 Å². The van der Waals surface area contributed by atoms with Crippen molar-refractivity contribution >= 4 is 23.2 Å². The molecular weight excluding hydrogens is 253 g/mol. The minimum Gasteiger partial charge on any atom is -0.192 e. The molecule has 0 saturated carbocycles. The summed E-state index contributed by atoms with van der Waals surface area (Å²) in [6, 6.07) is 13.2. The van der Waals surface area contributed by atoms with E-state index in [0.29, 0.717) is 10.6 Å². The summed E-state index contributed by atoms with van der Waals surface area (Å²) in [7, 11) is 0. The van der Waals surface area contributed by atoms with E-state index in [1.54, 1.807) is 12.1 Å². The van der Waals surface area contributed by atoms with Crippen LogP contribution in [0.25, 0.3) is 11.1 Å². The van der Waals surface area contributed by atoms with Crippen LogP contribution in [0.3, 0.4) is 0 Å². The Kier molecular flexibility index (Phi) is 3.38. The van der Waals surface area contributed by atoms with Crippen molar-refractivity contribution in [3.05, 3.63) is 57.6 Å². The van der Waals surface area contributed by atoms with Crippen LogP contribution in [-0.2, 0) is 0 Å². The van der Waals surface area contributed by atoms with Crippen molar-refractivity contribution in [2.24, 2.45) is 0 Å². The monoisotopic (exact) mass is 261 g/mol. The van der Waals surface area contributed by atoms with Gasteiger partial charge in [0.15, 0.2) is 0 Å². The molecule has 2 rings (SSSR count). The van der Waals surface area contributed by atoms with Gasteiger partial charge in [0.2, 0.25) is 0 Å². The highest BCUT2D eigenvalue weighted by molar-refractivity contribution is 6.32. The van der Waals surface area contributed by atoms with Crippen molar-refractivity contribution in [3.8, 4) is 17.2 Å². The number of benzene rings is 2. The number of nitrogens with zero attached hydrogens (tertiary/aromatic N) is 1. The first-order chi connectivity index (χ1) is 8.11. The van der Waals surface area contributed by atoms with E-state index < -0.39 is 0 Å². The predicted molar refractivity (Wildman–Crippen MR) is 71.4 cm³/mol. The van der Waals surface area contributed by atoms with E-state index in [1.165, 1.54) is 0 Å². The first kappa shape index (κ1) is 12.0. The smallest absolute Gasteiger partial charge is 0.101 e. The van der Waals surface area contributed by atoms with Gasteiger partial charge in [-0.3, -0.25) is 0 Å². The summed E-state index contributed by atoms with van der Waals surface area (Å²) in [5, 5.41) is 9.99. The van der Waals surface area contributed by atoms with Crippen LogP contribution < -0.4 is 0 Å². The second-order valence-electron chi connectivity index (χ2n) is 3.77. The zero-order valence-corrected chi connectivity index (χ0v) is 10.7. The maximum absolute atomic E-state index is 8.80. The van der Waals surface area contributed by atoms with Gasteiger partial charge >= 0.3 is 0 Å². The normalized spacial score (nSPS) is 10.0. The van der Waals surface area contributed by atoms with Gasteiger partial charge in [0, 0.05) is 5.02 Å². The van der Waals surface area contributed by atoms with Gasteiger partial charge in [-0.25, -0.2) is 0 Å². The minimum absolute atomic E-state index is 0.460. The summed E-state index contributed by atoms with van der Waals surface area (Å²) in [6.45, 7) is 1.96. The Morgan fingerprint density at radius 2 is 1.53 bits per heavy atom. The van der Waals surface area contributed by atoms with E-state index in [2.05, 4.69) is 0 Å². The molecule has 0 aliphatic heterocycles. The summed E-state index contributed by atoms with van der Waals surface area (Å²) in [5.74, 6) is 0. The van der Waals surface area contributed by atoms with Crippen LogP contribution in [0, 0.1) is 18.3 Å². The average molecular weight is 262 g/mol. The minimum atomic E-state index is 0.460. The Hall–Kier alpha value is -1.49. The molecule has 0 fully saturated rings. The molecule has 1 nitrogen and oxygen atoms in total. The molecule has 0 aromatic heterocycles. The topological polar surface area (TPSA) is 23.8 Å². The van der Waals surface area contributed by atoms with E-state index in [0.717, 1.165) is 21.7 Å². The van der Waals surface area contributed by atoms with Gasteiger partial charge in [-0.2, -0.15) is 5.26 Å². The van der Waals surface area contributed by atoms with Crippen molar-refractivity contribution in [1.29, 1.82) is 5.26 Å². The van der Waals surface area contributed by atoms with Crippen LogP contribution in [0.15, 0.2) is 36.4 Å². The molecule has 3 heteroatoms. The van der Waals surface area contributed by atoms with Crippen LogP contribution >= 0.6 is 23.2 Å². The van der Waals surface area contributed by atoms with Gasteiger partial charge in [0.05, 0.1) is 10.6 Å². The van der Waals surface area contributed by atoms with Crippen LogP contribution in [0.5, 0.6) is 0 Å². The Morgan fingerprint density at radius 3 is 2.06 bits per heavy atom. The largest absolute Gasteiger partial charge is 0.192 e. The molecule has 17 heavy (non-hydrogen) atoms. The zero-order chi connectivity index (χ0) is 12.4. The molecule has 0 aliphatic rings. The second-order valence-corrected chi connectivity index (χ2v) is 4.58. The van der Waals surface area contributed by atoms with Crippen molar-refractivity contribution in [2.45, 2.75) is 6.92 Å². The standard InChI is InChI=1S/C14H9Cl2N/c1-9-2-3-10(6-13(9)15)11-4-5-12(8-17)14(16)7-11/h2-7H,1H3. The summed E-state index contributed by atoms with van der Waals surface area (Å²) in [4.78, 5) is 0. The van der Waals surface area contributed by atoms with E-state index in [1.807, 2.05) is 37.3 Å². The lowest BCUT2D eigenvalue weighted by atomic mass is 10.0. The highest BCUT2D eigenvalue weighted by Gasteiger charge is 2.04. The fraction of sp³-hybridized carbons (Fsp3) is 0.0714. The molecule has 2 aromatic carbocycles. The lowest BCUT2D eigenvalue weighted by Crippen LogP contribution is -1.83. The van der Waals surface area contributed by atoms with Gasteiger partial charge in [0.25, 0.3) is 0 Å². The highest BCUT2D eigenvalue weighted by atomic mass is 35.5. The van der Waals surface area contributed by atoms with Gasteiger partial charge in [-0.05, 0) is 41.8 Å². The van der Waals surface area contributed by atoms with Crippen LogP contribution in [0.2, 0.25) is 10.0 Å². The molecule has 2 aromatic rings. The summed E-state index contributed by atoms with van der Waals surface area (Å²) >= 11 is 12.1. The fourth-order valence-corrected chi connectivity index (χ4v) is 1.96. The molecule has 0 aliphatic carbocycles. The van der Waals surface area contributed by atoms with Crippen LogP contribution in [0.4, 0.5) is 0 Å². The molecule has 0 bridgehead atoms. The summed E-state index contributed by atoms with van der Waals surface area (Å²) in [5.41, 5.74) is 3.46. The Bertz CT molecular complexity index is 612. The van der Waals surface area contributed by atoms with E-state index >= 15 is 0 Å². The molecular formula is C14H9Cl2N. The van der Waals surface area contributed by atoms with Gasteiger partial charge in [-0.1, -0.05) is 41.4 Å². The third-order valence-corrected chi connectivity index (χ3v) is 3.31. The van der Waals surface area contributed by atoms with Gasteiger partial charge in [0.1, 0.15) is 6.07 Å². The van der Waals surface area contributed by atoms with Gasteiger partial charge in [-0.15, -0.1) is 0 Å². The predicted octanol–water partition coefficient (Wildman–Crippen LogP) is 4.84. The lowest BCUT2D eigenvalue weighted by molar-refractivity contribution is 1.46.